The second kappa shape index (κ2) is 5.59. The number of benzene rings is 1. The number of aliphatic hydroxyl groups is 1. The number of aliphatic hydroxyl groups excluding tert-OH is 1. The van der Waals surface area contributed by atoms with Gasteiger partial charge < -0.3 is 14.9 Å². The highest BCUT2D eigenvalue weighted by atomic mass is 16.5. The normalized spacial score (nSPS) is 27.6. The molecule has 1 aliphatic rings. The first-order valence-electron chi connectivity index (χ1n) is 6.52. The Bertz CT molecular complexity index is 445. The lowest BCUT2D eigenvalue weighted by Gasteiger charge is -2.31. The Morgan fingerprint density at radius 1 is 1.26 bits per heavy atom. The van der Waals surface area contributed by atoms with Gasteiger partial charge in [0, 0.05) is 25.0 Å². The number of hydrogen-bond donors (Lipinski definition) is 2. The maximum Gasteiger partial charge on any atom is 0.518 e. The minimum atomic E-state index is -0.862. The second-order valence-corrected chi connectivity index (χ2v) is 4.98. The molecule has 0 aromatic heterocycles. The van der Waals surface area contributed by atoms with Gasteiger partial charge in [-0.25, -0.2) is 0 Å². The van der Waals surface area contributed by atoms with Crippen LogP contribution in [0.1, 0.15) is 19.3 Å². The van der Waals surface area contributed by atoms with E-state index in [9.17, 15) is 15.0 Å². The molecule has 1 amide bonds. The first kappa shape index (κ1) is 13.8. The van der Waals surface area contributed by atoms with E-state index in [1.165, 1.54) is 0 Å². The summed E-state index contributed by atoms with van der Waals surface area (Å²) in [7, 11) is 1.58. The number of quaternary nitrogens is 1. The van der Waals surface area contributed by atoms with Gasteiger partial charge in [-0.2, -0.15) is 9.28 Å². The quantitative estimate of drug-likeness (QED) is 0.805. The van der Waals surface area contributed by atoms with Gasteiger partial charge in [0.25, 0.3) is 0 Å². The van der Waals surface area contributed by atoms with Gasteiger partial charge in [0.1, 0.15) is 11.4 Å². The number of ether oxygens (including phenoxy) is 1. The SMILES string of the molecule is COc1ccc([N+]2(C(=O)O)CCCC(O)CC2)cc1. The van der Waals surface area contributed by atoms with E-state index in [0.29, 0.717) is 38.1 Å². The molecule has 0 saturated carbocycles. The summed E-state index contributed by atoms with van der Waals surface area (Å²) in [4.78, 5) is 11.8. The fourth-order valence-corrected chi connectivity index (χ4v) is 2.65. The molecule has 2 N–H and O–H groups in total. The van der Waals surface area contributed by atoms with E-state index < -0.39 is 12.2 Å². The minimum absolute atomic E-state index is 0.110. The molecular formula is C14H20NO4+. The molecule has 104 valence electrons. The van der Waals surface area contributed by atoms with Crippen LogP contribution in [0, 0.1) is 0 Å². The van der Waals surface area contributed by atoms with E-state index in [2.05, 4.69) is 0 Å². The predicted octanol–water partition coefficient (Wildman–Crippen LogP) is 2.23. The number of nitrogens with zero attached hydrogens (tertiary/aromatic N) is 1. The number of amides is 1. The van der Waals surface area contributed by atoms with Crippen LogP contribution in [0.5, 0.6) is 5.75 Å². The Hall–Kier alpha value is -1.59. The van der Waals surface area contributed by atoms with Crippen LogP contribution < -0.4 is 9.22 Å². The number of rotatable bonds is 2. The summed E-state index contributed by atoms with van der Waals surface area (Å²) in [5, 5.41) is 19.3. The zero-order valence-corrected chi connectivity index (χ0v) is 11.1. The molecule has 0 bridgehead atoms. The Kier molecular flexibility index (Phi) is 4.07. The van der Waals surface area contributed by atoms with Crippen molar-refractivity contribution in [3.05, 3.63) is 24.3 Å². The lowest BCUT2D eigenvalue weighted by Crippen LogP contribution is -2.54. The van der Waals surface area contributed by atoms with E-state index in [-0.39, 0.29) is 4.48 Å². The van der Waals surface area contributed by atoms with E-state index in [1.807, 2.05) is 0 Å². The van der Waals surface area contributed by atoms with Crippen molar-refractivity contribution in [3.8, 4) is 5.75 Å². The number of methoxy groups -OCH3 is 1. The van der Waals surface area contributed by atoms with Gasteiger partial charge in [-0.3, -0.25) is 0 Å². The van der Waals surface area contributed by atoms with Crippen molar-refractivity contribution < 1.29 is 19.7 Å². The first-order chi connectivity index (χ1) is 9.08. The topological polar surface area (TPSA) is 66.8 Å². The largest absolute Gasteiger partial charge is 0.518 e. The van der Waals surface area contributed by atoms with Crippen LogP contribution in [0.2, 0.25) is 0 Å². The third-order valence-electron chi connectivity index (χ3n) is 3.85. The van der Waals surface area contributed by atoms with E-state index in [4.69, 9.17) is 4.74 Å². The molecule has 5 heteroatoms. The van der Waals surface area contributed by atoms with Gasteiger partial charge in [0.2, 0.25) is 0 Å². The molecule has 1 aliphatic heterocycles. The van der Waals surface area contributed by atoms with Crippen LogP contribution in [0.15, 0.2) is 24.3 Å². The Balaban J connectivity index is 2.34. The van der Waals surface area contributed by atoms with Crippen molar-refractivity contribution >= 4 is 11.8 Å². The van der Waals surface area contributed by atoms with Crippen LogP contribution in [0.25, 0.3) is 0 Å². The molecule has 19 heavy (non-hydrogen) atoms. The molecule has 1 heterocycles. The van der Waals surface area contributed by atoms with Crippen LogP contribution in [0.4, 0.5) is 10.5 Å². The predicted molar refractivity (Wildman–Crippen MR) is 72.4 cm³/mol. The zero-order chi connectivity index (χ0) is 13.9. The molecule has 1 aromatic rings. The number of likely N-dealkylation sites (tertiary alicyclic amines) is 1. The molecule has 0 radical (unpaired) electrons. The summed E-state index contributed by atoms with van der Waals surface area (Å²) in [5.41, 5.74) is 0.738. The minimum Gasteiger partial charge on any atom is -0.497 e. The summed E-state index contributed by atoms with van der Waals surface area (Å²) in [6.07, 6.45) is 0.637. The lowest BCUT2D eigenvalue weighted by atomic mass is 10.2. The van der Waals surface area contributed by atoms with E-state index in [1.54, 1.807) is 31.4 Å². The van der Waals surface area contributed by atoms with Gasteiger partial charge in [-0.05, 0) is 18.6 Å². The molecule has 1 fully saturated rings. The summed E-state index contributed by atoms with van der Waals surface area (Å²) >= 11 is 0. The smallest absolute Gasteiger partial charge is 0.497 e. The molecule has 2 atom stereocenters. The van der Waals surface area contributed by atoms with Gasteiger partial charge in [0.05, 0.1) is 26.3 Å². The summed E-state index contributed by atoms with van der Waals surface area (Å²) in [5.74, 6) is 0.710. The van der Waals surface area contributed by atoms with Crippen LogP contribution in [-0.4, -0.2) is 42.6 Å². The maximum absolute atomic E-state index is 11.8. The Morgan fingerprint density at radius 3 is 2.53 bits per heavy atom. The third-order valence-corrected chi connectivity index (χ3v) is 3.85. The fourth-order valence-electron chi connectivity index (χ4n) is 2.65. The van der Waals surface area contributed by atoms with Crippen LogP contribution in [-0.2, 0) is 0 Å². The lowest BCUT2D eigenvalue weighted by molar-refractivity contribution is 0.138. The van der Waals surface area contributed by atoms with Gasteiger partial charge >= 0.3 is 6.09 Å². The van der Waals surface area contributed by atoms with Crippen molar-refractivity contribution in [2.45, 2.75) is 25.4 Å². The summed E-state index contributed by atoms with van der Waals surface area (Å²) in [6, 6.07) is 7.15. The number of carbonyl (C=O) groups is 1. The highest BCUT2D eigenvalue weighted by Crippen LogP contribution is 2.30. The van der Waals surface area contributed by atoms with Gasteiger partial charge in [0.15, 0.2) is 0 Å². The third kappa shape index (κ3) is 2.72. The van der Waals surface area contributed by atoms with Gasteiger partial charge in [-0.1, -0.05) is 0 Å². The molecule has 1 saturated heterocycles. The highest BCUT2D eigenvalue weighted by molar-refractivity contribution is 5.80. The average molecular weight is 266 g/mol. The van der Waals surface area contributed by atoms with Crippen LogP contribution >= 0.6 is 0 Å². The molecule has 2 rings (SSSR count). The van der Waals surface area contributed by atoms with Crippen LogP contribution in [0.3, 0.4) is 0 Å². The monoisotopic (exact) mass is 266 g/mol. The standard InChI is InChI=1S/C14H19NO4/c1-19-13-6-4-11(5-7-13)15(14(17)18)9-2-3-12(16)8-10-15/h4-7,12,16H,2-3,8-10H2,1H3/p+1. The number of carboxylic acid groups (broad SMARTS) is 1. The molecule has 2 unspecified atom stereocenters. The van der Waals surface area contributed by atoms with Crippen molar-refractivity contribution in [2.75, 3.05) is 20.2 Å². The first-order valence-corrected chi connectivity index (χ1v) is 6.52. The molecule has 1 aromatic carbocycles. The second-order valence-electron chi connectivity index (χ2n) is 4.98. The maximum atomic E-state index is 11.8. The fraction of sp³-hybridized carbons (Fsp3) is 0.500. The number of hydrogen-bond acceptors (Lipinski definition) is 3. The van der Waals surface area contributed by atoms with Crippen molar-refractivity contribution in [1.29, 1.82) is 0 Å². The molecule has 5 nitrogen and oxygen atoms in total. The molecule has 0 spiro atoms. The molecular weight excluding hydrogens is 246 g/mol. The summed E-state index contributed by atoms with van der Waals surface area (Å²) in [6.45, 7) is 0.932. The van der Waals surface area contributed by atoms with Gasteiger partial charge in [-0.15, -0.1) is 0 Å². The van der Waals surface area contributed by atoms with E-state index >= 15 is 0 Å². The average Bonchev–Trinajstić information content (AvgIpc) is 2.62. The highest BCUT2D eigenvalue weighted by Gasteiger charge is 2.41. The Labute approximate surface area is 112 Å². The van der Waals surface area contributed by atoms with Crippen molar-refractivity contribution in [3.63, 3.8) is 0 Å². The summed E-state index contributed by atoms with van der Waals surface area (Å²) < 4.78 is 4.99. The van der Waals surface area contributed by atoms with Crippen molar-refractivity contribution in [2.24, 2.45) is 0 Å². The zero-order valence-electron chi connectivity index (χ0n) is 11.1. The molecule has 0 aliphatic carbocycles. The Morgan fingerprint density at radius 2 is 1.95 bits per heavy atom. The van der Waals surface area contributed by atoms with Crippen molar-refractivity contribution in [1.82, 2.24) is 4.48 Å². The van der Waals surface area contributed by atoms with E-state index in [0.717, 1.165) is 5.69 Å².